The van der Waals surface area contributed by atoms with E-state index in [-0.39, 0.29) is 5.91 Å². The van der Waals surface area contributed by atoms with Crippen molar-refractivity contribution in [3.8, 4) is 0 Å². The molecule has 0 spiro atoms. The maximum Gasteiger partial charge on any atom is 0.222 e. The van der Waals surface area contributed by atoms with Crippen LogP contribution < -0.4 is 5.32 Å². The molecule has 0 atom stereocenters. The fourth-order valence-corrected chi connectivity index (χ4v) is 2.39. The summed E-state index contributed by atoms with van der Waals surface area (Å²) >= 11 is 0. The molecular formula is C15H18N2O. The van der Waals surface area contributed by atoms with Crippen molar-refractivity contribution in [2.45, 2.75) is 38.8 Å². The number of hydrogen-bond donors (Lipinski definition) is 1. The number of aryl methyl sites for hydroxylation is 2. The lowest BCUT2D eigenvalue weighted by Crippen LogP contribution is -2.26. The van der Waals surface area contributed by atoms with Crippen LogP contribution in [0.25, 0.3) is 10.9 Å². The maximum absolute atomic E-state index is 11.7. The van der Waals surface area contributed by atoms with E-state index in [4.69, 9.17) is 0 Å². The van der Waals surface area contributed by atoms with E-state index in [2.05, 4.69) is 35.0 Å². The van der Waals surface area contributed by atoms with Gasteiger partial charge in [-0.3, -0.25) is 4.79 Å². The molecule has 3 heteroatoms. The molecule has 1 aliphatic carbocycles. The molecule has 1 amide bonds. The van der Waals surface area contributed by atoms with Crippen LogP contribution in [-0.4, -0.2) is 16.5 Å². The number of nitrogens with zero attached hydrogens (tertiary/aromatic N) is 1. The molecule has 1 aromatic heterocycles. The number of aromatic nitrogens is 1. The highest BCUT2D eigenvalue weighted by atomic mass is 16.1. The summed E-state index contributed by atoms with van der Waals surface area (Å²) in [5, 5.41) is 4.28. The molecule has 0 saturated heterocycles. The Hall–Kier alpha value is -1.77. The third kappa shape index (κ3) is 2.26. The zero-order valence-electron chi connectivity index (χ0n) is 10.6. The normalized spacial score (nSPS) is 14.9. The molecule has 3 rings (SSSR count). The average molecular weight is 242 g/mol. The van der Waals surface area contributed by atoms with Gasteiger partial charge in [-0.1, -0.05) is 18.2 Å². The summed E-state index contributed by atoms with van der Waals surface area (Å²) in [7, 11) is 0. The summed E-state index contributed by atoms with van der Waals surface area (Å²) in [6, 6.07) is 11.0. The lowest BCUT2D eigenvalue weighted by molar-refractivity contribution is -0.121. The van der Waals surface area contributed by atoms with Crippen molar-refractivity contribution in [2.24, 2.45) is 0 Å². The van der Waals surface area contributed by atoms with Crippen LogP contribution in [0.1, 0.15) is 25.0 Å². The maximum atomic E-state index is 11.7. The van der Waals surface area contributed by atoms with Crippen molar-refractivity contribution < 1.29 is 4.79 Å². The minimum absolute atomic E-state index is 0.176. The minimum Gasteiger partial charge on any atom is -0.353 e. The predicted octanol–water partition coefficient (Wildman–Crippen LogP) is 2.62. The Morgan fingerprint density at radius 1 is 1.39 bits per heavy atom. The van der Waals surface area contributed by atoms with Crippen molar-refractivity contribution >= 4 is 16.8 Å². The van der Waals surface area contributed by atoms with E-state index in [1.54, 1.807) is 0 Å². The van der Waals surface area contributed by atoms with Gasteiger partial charge in [0.2, 0.25) is 5.91 Å². The first-order valence-electron chi connectivity index (χ1n) is 6.58. The van der Waals surface area contributed by atoms with Crippen LogP contribution in [0.5, 0.6) is 0 Å². The highest BCUT2D eigenvalue weighted by Gasteiger charge is 2.22. The highest BCUT2D eigenvalue weighted by Crippen LogP contribution is 2.20. The van der Waals surface area contributed by atoms with Crippen LogP contribution >= 0.6 is 0 Å². The van der Waals surface area contributed by atoms with Crippen LogP contribution in [0.15, 0.2) is 30.3 Å². The second kappa shape index (κ2) is 4.48. The van der Waals surface area contributed by atoms with Crippen molar-refractivity contribution in [3.63, 3.8) is 0 Å². The number of rotatable bonds is 4. The van der Waals surface area contributed by atoms with Crippen molar-refractivity contribution in [3.05, 3.63) is 36.0 Å². The van der Waals surface area contributed by atoms with Crippen molar-refractivity contribution in [1.29, 1.82) is 0 Å². The number of carbonyl (C=O) groups excluding carboxylic acids is 1. The smallest absolute Gasteiger partial charge is 0.222 e. The van der Waals surface area contributed by atoms with Gasteiger partial charge < -0.3 is 9.88 Å². The molecule has 18 heavy (non-hydrogen) atoms. The lowest BCUT2D eigenvalue weighted by atomic mass is 10.2. The standard InChI is InChI=1S/C15H18N2O/c1-11-10-12-4-2-3-5-14(12)17(11)9-8-15(18)16-13-6-7-13/h2-5,10,13H,6-9H2,1H3,(H,16,18). The number of nitrogens with one attached hydrogen (secondary N) is 1. The molecule has 1 fully saturated rings. The third-order valence-electron chi connectivity index (χ3n) is 3.52. The van der Waals surface area contributed by atoms with E-state index >= 15 is 0 Å². The molecule has 3 nitrogen and oxygen atoms in total. The first-order chi connectivity index (χ1) is 8.74. The second-order valence-corrected chi connectivity index (χ2v) is 5.09. The molecule has 1 aromatic carbocycles. The van der Waals surface area contributed by atoms with E-state index < -0.39 is 0 Å². The largest absolute Gasteiger partial charge is 0.353 e. The number of amides is 1. The van der Waals surface area contributed by atoms with Gasteiger partial charge in [0.25, 0.3) is 0 Å². The second-order valence-electron chi connectivity index (χ2n) is 5.09. The molecule has 0 radical (unpaired) electrons. The van der Waals surface area contributed by atoms with Crippen LogP contribution in [0.3, 0.4) is 0 Å². The molecule has 0 bridgehead atoms. The fourth-order valence-electron chi connectivity index (χ4n) is 2.39. The quantitative estimate of drug-likeness (QED) is 0.878. The van der Waals surface area contributed by atoms with Crippen molar-refractivity contribution in [1.82, 2.24) is 9.88 Å². The molecule has 1 aliphatic rings. The molecule has 2 aromatic rings. The van der Waals surface area contributed by atoms with Gasteiger partial charge in [0.15, 0.2) is 0 Å². The van der Waals surface area contributed by atoms with Crippen LogP contribution in [0, 0.1) is 6.92 Å². The first kappa shape index (κ1) is 11.3. The van der Waals surface area contributed by atoms with E-state index in [0.29, 0.717) is 12.5 Å². The summed E-state index contributed by atoms with van der Waals surface area (Å²) in [5.74, 6) is 0.176. The van der Waals surface area contributed by atoms with Gasteiger partial charge in [-0.15, -0.1) is 0 Å². The van der Waals surface area contributed by atoms with Gasteiger partial charge in [0.05, 0.1) is 0 Å². The number of benzene rings is 1. The summed E-state index contributed by atoms with van der Waals surface area (Å²) in [6.07, 6.45) is 2.87. The SMILES string of the molecule is Cc1cc2ccccc2n1CCC(=O)NC1CC1. The van der Waals surface area contributed by atoms with Crippen LogP contribution in [0.4, 0.5) is 0 Å². The molecule has 0 aliphatic heterocycles. The molecular weight excluding hydrogens is 224 g/mol. The minimum atomic E-state index is 0.176. The Morgan fingerprint density at radius 3 is 2.94 bits per heavy atom. The fraction of sp³-hybridized carbons (Fsp3) is 0.400. The van der Waals surface area contributed by atoms with Crippen molar-refractivity contribution in [2.75, 3.05) is 0 Å². The van der Waals surface area contributed by atoms with Gasteiger partial charge in [0, 0.05) is 30.2 Å². The predicted molar refractivity (Wildman–Crippen MR) is 72.5 cm³/mol. The average Bonchev–Trinajstić information content (AvgIpc) is 3.09. The zero-order chi connectivity index (χ0) is 12.5. The van der Waals surface area contributed by atoms with Crippen LogP contribution in [0.2, 0.25) is 0 Å². The first-order valence-corrected chi connectivity index (χ1v) is 6.58. The topological polar surface area (TPSA) is 34.0 Å². The van der Waals surface area contributed by atoms with Gasteiger partial charge in [-0.05, 0) is 37.3 Å². The Morgan fingerprint density at radius 2 is 2.17 bits per heavy atom. The Bertz CT molecular complexity index is 581. The van der Waals surface area contributed by atoms with E-state index in [9.17, 15) is 4.79 Å². The molecule has 0 unspecified atom stereocenters. The van der Waals surface area contributed by atoms with Gasteiger partial charge in [0.1, 0.15) is 0 Å². The number of fused-ring (bicyclic) bond motifs is 1. The Kier molecular flexibility index (Phi) is 2.82. The summed E-state index contributed by atoms with van der Waals surface area (Å²) in [5.41, 5.74) is 2.43. The number of carbonyl (C=O) groups is 1. The summed E-state index contributed by atoms with van der Waals surface area (Å²) < 4.78 is 2.22. The van der Waals surface area contributed by atoms with Gasteiger partial charge in [-0.25, -0.2) is 0 Å². The summed E-state index contributed by atoms with van der Waals surface area (Å²) in [4.78, 5) is 11.7. The zero-order valence-corrected chi connectivity index (χ0v) is 10.6. The third-order valence-corrected chi connectivity index (χ3v) is 3.52. The monoisotopic (exact) mass is 242 g/mol. The van der Waals surface area contributed by atoms with E-state index in [1.807, 2.05) is 12.1 Å². The Balaban J connectivity index is 1.73. The van der Waals surface area contributed by atoms with E-state index in [1.165, 1.54) is 16.6 Å². The van der Waals surface area contributed by atoms with Gasteiger partial charge >= 0.3 is 0 Å². The lowest BCUT2D eigenvalue weighted by Gasteiger charge is -2.08. The van der Waals surface area contributed by atoms with Crippen LogP contribution in [-0.2, 0) is 11.3 Å². The summed E-state index contributed by atoms with van der Waals surface area (Å²) in [6.45, 7) is 2.86. The molecule has 1 N–H and O–H groups in total. The number of para-hydroxylation sites is 1. The molecule has 94 valence electrons. The number of hydrogen-bond acceptors (Lipinski definition) is 1. The van der Waals surface area contributed by atoms with E-state index in [0.717, 1.165) is 19.4 Å². The highest BCUT2D eigenvalue weighted by molar-refractivity contribution is 5.81. The molecule has 1 saturated carbocycles. The van der Waals surface area contributed by atoms with Gasteiger partial charge in [-0.2, -0.15) is 0 Å². The molecule has 1 heterocycles. The Labute approximate surface area is 107 Å².